The SMILES string of the molecule is CS(=O)(=O)c1ccc(S(=O)(=O)CC(O)(C=Cc2ccc(C#N)c(Cl)c2)C(F)(F)F)cc1. The molecule has 0 saturated carbocycles. The highest BCUT2D eigenvalue weighted by Gasteiger charge is 2.54. The lowest BCUT2D eigenvalue weighted by molar-refractivity contribution is -0.230. The number of halogens is 4. The van der Waals surface area contributed by atoms with Crippen molar-refractivity contribution in [2.24, 2.45) is 0 Å². The van der Waals surface area contributed by atoms with Crippen LogP contribution in [-0.4, -0.2) is 45.7 Å². The first-order valence-corrected chi connectivity index (χ1v) is 12.2. The zero-order valence-electron chi connectivity index (χ0n) is 15.8. The smallest absolute Gasteiger partial charge is 0.376 e. The molecule has 166 valence electrons. The summed E-state index contributed by atoms with van der Waals surface area (Å²) in [6.07, 6.45) is -3.34. The molecule has 0 aliphatic carbocycles. The molecular formula is C19H15ClF3NO5S2. The molecule has 0 saturated heterocycles. The van der Waals surface area contributed by atoms with Crippen LogP contribution in [0.3, 0.4) is 0 Å². The fraction of sp³-hybridized carbons (Fsp3) is 0.211. The van der Waals surface area contributed by atoms with E-state index < -0.39 is 42.1 Å². The minimum Gasteiger partial charge on any atom is -0.376 e. The molecule has 31 heavy (non-hydrogen) atoms. The van der Waals surface area contributed by atoms with Crippen molar-refractivity contribution in [2.45, 2.75) is 21.6 Å². The van der Waals surface area contributed by atoms with Crippen LogP contribution in [0.1, 0.15) is 11.1 Å². The van der Waals surface area contributed by atoms with Crippen molar-refractivity contribution >= 4 is 37.4 Å². The molecule has 1 unspecified atom stereocenters. The topological polar surface area (TPSA) is 112 Å². The third-order valence-electron chi connectivity index (χ3n) is 4.18. The molecule has 0 amide bonds. The van der Waals surface area contributed by atoms with Crippen molar-refractivity contribution in [3.8, 4) is 6.07 Å². The Bertz CT molecular complexity index is 1270. The summed E-state index contributed by atoms with van der Waals surface area (Å²) in [5.74, 6) is -1.73. The standard InChI is InChI=1S/C19H15ClF3NO5S2/c1-30(26,27)15-4-6-16(7-5-15)31(28,29)12-18(25,19(21,22)23)9-8-13-2-3-14(11-24)17(20)10-13/h2-10,25H,12H2,1H3. The maximum atomic E-state index is 13.6. The summed E-state index contributed by atoms with van der Waals surface area (Å²) in [6.45, 7) is 0. The minimum absolute atomic E-state index is 0.0289. The van der Waals surface area contributed by atoms with Gasteiger partial charge in [-0.3, -0.25) is 0 Å². The van der Waals surface area contributed by atoms with Crippen molar-refractivity contribution in [2.75, 3.05) is 12.0 Å². The molecule has 1 N–H and O–H groups in total. The molecule has 12 heteroatoms. The van der Waals surface area contributed by atoms with Crippen molar-refractivity contribution in [3.05, 3.63) is 64.7 Å². The van der Waals surface area contributed by atoms with Gasteiger partial charge in [-0.05, 0) is 48.0 Å². The van der Waals surface area contributed by atoms with E-state index in [0.29, 0.717) is 0 Å². The molecule has 0 aliphatic rings. The van der Waals surface area contributed by atoms with E-state index in [1.54, 1.807) is 6.07 Å². The monoisotopic (exact) mass is 493 g/mol. The number of sulfone groups is 2. The average Bonchev–Trinajstić information content (AvgIpc) is 2.65. The van der Waals surface area contributed by atoms with Crippen LogP contribution in [0.5, 0.6) is 0 Å². The van der Waals surface area contributed by atoms with Gasteiger partial charge in [-0.25, -0.2) is 16.8 Å². The van der Waals surface area contributed by atoms with E-state index in [-0.39, 0.29) is 27.1 Å². The second-order valence-corrected chi connectivity index (χ2v) is 11.0. The first-order chi connectivity index (χ1) is 14.1. The zero-order chi connectivity index (χ0) is 23.7. The van der Waals surface area contributed by atoms with E-state index in [2.05, 4.69) is 0 Å². The maximum absolute atomic E-state index is 13.6. The molecule has 1 atom stereocenters. The van der Waals surface area contributed by atoms with Gasteiger partial charge < -0.3 is 5.11 Å². The van der Waals surface area contributed by atoms with E-state index in [1.807, 2.05) is 0 Å². The summed E-state index contributed by atoms with van der Waals surface area (Å²) in [6, 6.07) is 9.10. The summed E-state index contributed by atoms with van der Waals surface area (Å²) < 4.78 is 88.6. The van der Waals surface area contributed by atoms with Crippen LogP contribution < -0.4 is 0 Å². The lowest BCUT2D eigenvalue weighted by atomic mass is 10.0. The van der Waals surface area contributed by atoms with Gasteiger partial charge in [0.15, 0.2) is 25.3 Å². The van der Waals surface area contributed by atoms with Gasteiger partial charge in [-0.2, -0.15) is 18.4 Å². The van der Waals surface area contributed by atoms with Gasteiger partial charge in [0.2, 0.25) is 0 Å². The van der Waals surface area contributed by atoms with Gasteiger partial charge in [-0.1, -0.05) is 23.7 Å². The van der Waals surface area contributed by atoms with Crippen LogP contribution in [0.15, 0.2) is 58.3 Å². The number of hydrogen-bond acceptors (Lipinski definition) is 6. The van der Waals surface area contributed by atoms with Gasteiger partial charge in [0.1, 0.15) is 6.07 Å². The minimum atomic E-state index is -5.35. The zero-order valence-corrected chi connectivity index (χ0v) is 18.1. The Labute approximate surface area is 182 Å². The highest BCUT2D eigenvalue weighted by atomic mass is 35.5. The molecule has 2 rings (SSSR count). The first kappa shape index (κ1) is 24.9. The predicted octanol–water partition coefficient (Wildman–Crippen LogP) is 3.40. The van der Waals surface area contributed by atoms with Gasteiger partial charge in [-0.15, -0.1) is 0 Å². The predicted molar refractivity (Wildman–Crippen MR) is 108 cm³/mol. The van der Waals surface area contributed by atoms with Crippen LogP contribution in [-0.2, 0) is 19.7 Å². The number of benzene rings is 2. The Kier molecular flexibility index (Phi) is 6.92. The van der Waals surface area contributed by atoms with E-state index in [1.165, 1.54) is 18.2 Å². The van der Waals surface area contributed by atoms with Crippen molar-refractivity contribution in [1.82, 2.24) is 0 Å². The third-order valence-corrected chi connectivity index (χ3v) is 7.43. The molecular weight excluding hydrogens is 479 g/mol. The second-order valence-electron chi connectivity index (χ2n) is 6.61. The van der Waals surface area contributed by atoms with Crippen molar-refractivity contribution < 1.29 is 35.1 Å². The summed E-state index contributed by atoms with van der Waals surface area (Å²) in [4.78, 5) is -0.799. The van der Waals surface area contributed by atoms with Crippen molar-refractivity contribution in [1.29, 1.82) is 5.26 Å². The molecule has 0 bridgehead atoms. The Hall–Kier alpha value is -2.39. The van der Waals surface area contributed by atoms with Crippen LogP contribution in [0.2, 0.25) is 5.02 Å². The van der Waals surface area contributed by atoms with Crippen LogP contribution in [0.4, 0.5) is 13.2 Å². The van der Waals surface area contributed by atoms with Crippen LogP contribution in [0.25, 0.3) is 6.08 Å². The van der Waals surface area contributed by atoms with E-state index in [4.69, 9.17) is 16.9 Å². The molecule has 0 aliphatic heterocycles. The summed E-state index contributed by atoms with van der Waals surface area (Å²) >= 11 is 5.82. The second kappa shape index (κ2) is 8.63. The number of nitriles is 1. The molecule has 6 nitrogen and oxygen atoms in total. The van der Waals surface area contributed by atoms with Gasteiger partial charge in [0, 0.05) is 6.26 Å². The lowest BCUT2D eigenvalue weighted by Crippen LogP contribution is -2.48. The number of rotatable bonds is 6. The number of nitrogens with zero attached hydrogens (tertiary/aromatic N) is 1. The van der Waals surface area contributed by atoms with Crippen LogP contribution >= 0.6 is 11.6 Å². The van der Waals surface area contributed by atoms with E-state index in [0.717, 1.165) is 36.6 Å². The number of aliphatic hydroxyl groups is 1. The summed E-state index contributed by atoms with van der Waals surface area (Å²) in [7, 11) is -8.31. The van der Waals surface area contributed by atoms with E-state index in [9.17, 15) is 35.1 Å². The molecule has 0 spiro atoms. The van der Waals surface area contributed by atoms with Gasteiger partial charge in [0.05, 0.1) is 26.1 Å². The Balaban J connectivity index is 2.42. The number of alkyl halides is 3. The van der Waals surface area contributed by atoms with Gasteiger partial charge in [0.25, 0.3) is 0 Å². The lowest BCUT2D eigenvalue weighted by Gasteiger charge is -2.27. The molecule has 2 aromatic rings. The Morgan fingerprint density at radius 2 is 1.61 bits per heavy atom. The van der Waals surface area contributed by atoms with Crippen LogP contribution in [0, 0.1) is 11.3 Å². The summed E-state index contributed by atoms with van der Waals surface area (Å²) in [5, 5.41) is 19.0. The largest absolute Gasteiger partial charge is 0.421 e. The normalized spacial score (nSPS) is 14.9. The fourth-order valence-electron chi connectivity index (χ4n) is 2.45. The average molecular weight is 494 g/mol. The highest BCUT2D eigenvalue weighted by Crippen LogP contribution is 2.35. The first-order valence-electron chi connectivity index (χ1n) is 8.30. The quantitative estimate of drug-likeness (QED) is 0.660. The molecule has 0 radical (unpaired) electrons. The fourth-order valence-corrected chi connectivity index (χ4v) is 4.87. The molecule has 0 fully saturated rings. The highest BCUT2D eigenvalue weighted by molar-refractivity contribution is 7.91. The van der Waals surface area contributed by atoms with E-state index >= 15 is 0 Å². The maximum Gasteiger partial charge on any atom is 0.421 e. The number of hydrogen-bond donors (Lipinski definition) is 1. The Morgan fingerprint density at radius 1 is 1.06 bits per heavy atom. The summed E-state index contributed by atoms with van der Waals surface area (Å²) in [5.41, 5.74) is -3.56. The third kappa shape index (κ3) is 5.86. The molecule has 2 aromatic carbocycles. The van der Waals surface area contributed by atoms with Gasteiger partial charge >= 0.3 is 6.18 Å². The molecule has 0 heterocycles. The Morgan fingerprint density at radius 3 is 2.06 bits per heavy atom. The van der Waals surface area contributed by atoms with Crippen molar-refractivity contribution in [3.63, 3.8) is 0 Å². The molecule has 0 aromatic heterocycles.